The van der Waals surface area contributed by atoms with Crippen molar-refractivity contribution in [3.05, 3.63) is 11.6 Å². The lowest BCUT2D eigenvalue weighted by Crippen LogP contribution is -2.29. The van der Waals surface area contributed by atoms with Crippen LogP contribution in [-0.4, -0.2) is 0 Å². The Morgan fingerprint density at radius 3 is 2.00 bits per heavy atom. The molecule has 0 saturated heterocycles. The quantitative estimate of drug-likeness (QED) is 0.477. The van der Waals surface area contributed by atoms with Crippen LogP contribution in [0.2, 0.25) is 0 Å². The molecule has 0 heterocycles. The normalized spacial score (nSPS) is 28.8. The monoisotopic (exact) mass is 166 g/mol. The first-order valence-electron chi connectivity index (χ1n) is 4.92. The maximum absolute atomic E-state index is 2.45. The van der Waals surface area contributed by atoms with Crippen LogP contribution in [-0.2, 0) is 0 Å². The predicted molar refractivity (Wildman–Crippen MR) is 55.1 cm³/mol. The highest BCUT2D eigenvalue weighted by Gasteiger charge is 2.39. The van der Waals surface area contributed by atoms with E-state index < -0.39 is 0 Å². The van der Waals surface area contributed by atoms with Crippen molar-refractivity contribution in [1.82, 2.24) is 0 Å². The third-order valence-electron chi connectivity index (χ3n) is 3.09. The van der Waals surface area contributed by atoms with Crippen molar-refractivity contribution in [2.75, 3.05) is 0 Å². The molecule has 1 unspecified atom stereocenters. The van der Waals surface area contributed by atoms with Crippen molar-refractivity contribution in [2.45, 2.75) is 48.0 Å². The summed E-state index contributed by atoms with van der Waals surface area (Å²) in [6, 6.07) is 0. The molecule has 1 atom stereocenters. The Balaban J connectivity index is 2.86. The molecule has 0 aromatic carbocycles. The van der Waals surface area contributed by atoms with E-state index >= 15 is 0 Å². The second-order valence-corrected chi connectivity index (χ2v) is 5.93. The minimum atomic E-state index is 0.405. The van der Waals surface area contributed by atoms with E-state index in [9.17, 15) is 0 Å². The van der Waals surface area contributed by atoms with Gasteiger partial charge in [-0.1, -0.05) is 46.3 Å². The number of allylic oxidation sites excluding steroid dienone is 2. The van der Waals surface area contributed by atoms with E-state index in [1.807, 2.05) is 0 Å². The molecule has 0 bridgehead atoms. The van der Waals surface area contributed by atoms with E-state index in [2.05, 4.69) is 47.6 Å². The average Bonchev–Trinajstić information content (AvgIpc) is 2.02. The summed E-state index contributed by atoms with van der Waals surface area (Å²) in [4.78, 5) is 0. The van der Waals surface area contributed by atoms with E-state index in [0.717, 1.165) is 5.92 Å². The van der Waals surface area contributed by atoms with Gasteiger partial charge in [-0.05, 0) is 30.1 Å². The van der Waals surface area contributed by atoms with Gasteiger partial charge in [0.05, 0.1) is 0 Å². The van der Waals surface area contributed by atoms with Crippen LogP contribution in [0.4, 0.5) is 0 Å². The molecule has 0 fully saturated rings. The molecule has 0 radical (unpaired) electrons. The van der Waals surface area contributed by atoms with Crippen LogP contribution in [0.25, 0.3) is 0 Å². The Hall–Kier alpha value is -0.260. The largest absolute Gasteiger partial charge is 0.0796 e. The van der Waals surface area contributed by atoms with Crippen LogP contribution in [0, 0.1) is 16.7 Å². The minimum absolute atomic E-state index is 0.405. The highest BCUT2D eigenvalue weighted by molar-refractivity contribution is 5.17. The van der Waals surface area contributed by atoms with Gasteiger partial charge < -0.3 is 0 Å². The van der Waals surface area contributed by atoms with Crippen LogP contribution in [0.15, 0.2) is 11.6 Å². The summed E-state index contributed by atoms with van der Waals surface area (Å²) >= 11 is 0. The standard InChI is InChI=1S/C12H22/c1-9-7-10(11(2,3)4)12(5,6)8-9/h8,10H,7H2,1-6H3. The molecular weight excluding hydrogens is 144 g/mol. The highest BCUT2D eigenvalue weighted by atomic mass is 14.4. The first kappa shape index (κ1) is 9.83. The molecule has 0 saturated carbocycles. The van der Waals surface area contributed by atoms with Crippen LogP contribution >= 0.6 is 0 Å². The zero-order valence-electron chi connectivity index (χ0n) is 9.36. The van der Waals surface area contributed by atoms with E-state index in [-0.39, 0.29) is 0 Å². The second-order valence-electron chi connectivity index (χ2n) is 5.93. The van der Waals surface area contributed by atoms with Gasteiger partial charge in [0.15, 0.2) is 0 Å². The van der Waals surface area contributed by atoms with Crippen molar-refractivity contribution in [3.8, 4) is 0 Å². The Bertz CT molecular complexity index is 201. The topological polar surface area (TPSA) is 0 Å². The Kier molecular flexibility index (Phi) is 2.14. The van der Waals surface area contributed by atoms with Crippen molar-refractivity contribution in [3.63, 3.8) is 0 Å². The molecule has 1 aliphatic carbocycles. The summed E-state index contributed by atoms with van der Waals surface area (Å²) in [5, 5.41) is 0. The van der Waals surface area contributed by atoms with Gasteiger partial charge >= 0.3 is 0 Å². The van der Waals surface area contributed by atoms with Crippen LogP contribution in [0.1, 0.15) is 48.0 Å². The summed E-state index contributed by atoms with van der Waals surface area (Å²) in [5.41, 5.74) is 2.42. The van der Waals surface area contributed by atoms with E-state index in [1.54, 1.807) is 5.57 Å². The van der Waals surface area contributed by atoms with Crippen molar-refractivity contribution in [1.29, 1.82) is 0 Å². The maximum Gasteiger partial charge on any atom is -0.0136 e. The molecule has 0 amide bonds. The smallest absolute Gasteiger partial charge is 0.0136 e. The Morgan fingerprint density at radius 2 is 1.83 bits per heavy atom. The first-order valence-corrected chi connectivity index (χ1v) is 4.92. The van der Waals surface area contributed by atoms with Gasteiger partial charge in [-0.2, -0.15) is 0 Å². The molecular formula is C12H22. The van der Waals surface area contributed by atoms with Crippen molar-refractivity contribution < 1.29 is 0 Å². The number of hydrogen-bond donors (Lipinski definition) is 0. The van der Waals surface area contributed by atoms with Crippen molar-refractivity contribution in [2.24, 2.45) is 16.7 Å². The number of rotatable bonds is 0. The molecule has 0 aromatic rings. The second kappa shape index (κ2) is 2.61. The molecule has 0 aromatic heterocycles. The molecule has 0 N–H and O–H groups in total. The van der Waals surface area contributed by atoms with E-state index in [1.165, 1.54) is 6.42 Å². The van der Waals surface area contributed by atoms with Gasteiger partial charge in [0, 0.05) is 0 Å². The van der Waals surface area contributed by atoms with E-state index in [0.29, 0.717) is 10.8 Å². The summed E-state index contributed by atoms with van der Waals surface area (Å²) in [6.07, 6.45) is 3.74. The number of hydrogen-bond acceptors (Lipinski definition) is 0. The molecule has 0 nitrogen and oxygen atoms in total. The fraction of sp³-hybridized carbons (Fsp3) is 0.833. The Morgan fingerprint density at radius 1 is 1.33 bits per heavy atom. The zero-order valence-corrected chi connectivity index (χ0v) is 9.36. The van der Waals surface area contributed by atoms with Gasteiger partial charge in [0.25, 0.3) is 0 Å². The van der Waals surface area contributed by atoms with Crippen LogP contribution in [0.3, 0.4) is 0 Å². The lowest BCUT2D eigenvalue weighted by atomic mass is 9.67. The highest BCUT2D eigenvalue weighted by Crippen LogP contribution is 2.49. The molecule has 0 heteroatoms. The Labute approximate surface area is 77.1 Å². The van der Waals surface area contributed by atoms with Gasteiger partial charge in [-0.3, -0.25) is 0 Å². The molecule has 0 aliphatic heterocycles. The third kappa shape index (κ3) is 1.73. The van der Waals surface area contributed by atoms with Gasteiger partial charge in [-0.25, -0.2) is 0 Å². The van der Waals surface area contributed by atoms with Gasteiger partial charge in [-0.15, -0.1) is 0 Å². The fourth-order valence-corrected chi connectivity index (χ4v) is 2.80. The van der Waals surface area contributed by atoms with Gasteiger partial charge in [0.2, 0.25) is 0 Å². The molecule has 70 valence electrons. The molecule has 12 heavy (non-hydrogen) atoms. The fourth-order valence-electron chi connectivity index (χ4n) is 2.80. The molecule has 1 rings (SSSR count). The summed E-state index contributed by atoms with van der Waals surface area (Å²) < 4.78 is 0. The third-order valence-corrected chi connectivity index (χ3v) is 3.09. The van der Waals surface area contributed by atoms with E-state index in [4.69, 9.17) is 0 Å². The maximum atomic E-state index is 2.45. The molecule has 0 spiro atoms. The van der Waals surface area contributed by atoms with Crippen LogP contribution < -0.4 is 0 Å². The molecule has 1 aliphatic rings. The SMILES string of the molecule is CC1=CC(C)(C)C(C(C)(C)C)C1. The predicted octanol–water partition coefficient (Wildman–Crippen LogP) is 4.02. The summed E-state index contributed by atoms with van der Waals surface area (Å²) in [6.45, 7) is 14.0. The van der Waals surface area contributed by atoms with Crippen molar-refractivity contribution >= 4 is 0 Å². The lowest BCUT2D eigenvalue weighted by Gasteiger charge is -2.37. The lowest BCUT2D eigenvalue weighted by molar-refractivity contribution is 0.141. The first-order chi connectivity index (χ1) is 5.23. The summed E-state index contributed by atoms with van der Waals surface area (Å²) in [5.74, 6) is 0.810. The summed E-state index contributed by atoms with van der Waals surface area (Å²) in [7, 11) is 0. The van der Waals surface area contributed by atoms with Gasteiger partial charge in [0.1, 0.15) is 0 Å². The minimum Gasteiger partial charge on any atom is -0.0796 e. The zero-order chi connectivity index (χ0) is 9.57. The average molecular weight is 166 g/mol. The van der Waals surface area contributed by atoms with Crippen LogP contribution in [0.5, 0.6) is 0 Å².